The van der Waals surface area contributed by atoms with Crippen molar-refractivity contribution in [2.75, 3.05) is 12.4 Å². The third-order valence-corrected chi connectivity index (χ3v) is 5.29. The molecule has 0 aliphatic heterocycles. The van der Waals surface area contributed by atoms with Crippen molar-refractivity contribution >= 4 is 39.9 Å². The number of fused-ring (bicyclic) bond motifs is 3. The number of anilines is 1. The van der Waals surface area contributed by atoms with Crippen LogP contribution < -0.4 is 10.1 Å². The number of amides is 1. The Morgan fingerprint density at radius 3 is 2.82 bits per heavy atom. The van der Waals surface area contributed by atoms with Crippen LogP contribution in [0.3, 0.4) is 0 Å². The van der Waals surface area contributed by atoms with E-state index in [0.717, 1.165) is 16.6 Å². The van der Waals surface area contributed by atoms with Gasteiger partial charge in [0.25, 0.3) is 0 Å². The summed E-state index contributed by atoms with van der Waals surface area (Å²) in [5, 5.41) is 8.55. The molecule has 1 atom stereocenters. The first-order valence-electron chi connectivity index (χ1n) is 8.79. The number of rotatable bonds is 5. The molecule has 0 aliphatic carbocycles. The SMILES string of the molecule is COc1cccc(NC(=O)[C@@H](C)Sc2nc3ccccc3c3nc(C)nn23)c1. The Labute approximate surface area is 166 Å². The van der Waals surface area contributed by atoms with Gasteiger partial charge in [0.15, 0.2) is 10.8 Å². The number of aromatic nitrogens is 4. The van der Waals surface area contributed by atoms with E-state index < -0.39 is 0 Å². The maximum absolute atomic E-state index is 12.7. The zero-order valence-corrected chi connectivity index (χ0v) is 16.5. The monoisotopic (exact) mass is 393 g/mol. The highest BCUT2D eigenvalue weighted by molar-refractivity contribution is 8.00. The van der Waals surface area contributed by atoms with Crippen LogP contribution in [-0.4, -0.2) is 37.8 Å². The van der Waals surface area contributed by atoms with Crippen LogP contribution in [0.2, 0.25) is 0 Å². The Bertz CT molecular complexity index is 1170. The molecule has 0 saturated heterocycles. The van der Waals surface area contributed by atoms with Gasteiger partial charge in [-0.1, -0.05) is 30.0 Å². The molecule has 0 bridgehead atoms. The third kappa shape index (κ3) is 3.50. The van der Waals surface area contributed by atoms with Crippen molar-refractivity contribution in [2.45, 2.75) is 24.3 Å². The summed E-state index contributed by atoms with van der Waals surface area (Å²) in [4.78, 5) is 21.9. The lowest BCUT2D eigenvalue weighted by Crippen LogP contribution is -2.23. The number of carbonyl (C=O) groups is 1. The van der Waals surface area contributed by atoms with Crippen molar-refractivity contribution in [3.63, 3.8) is 0 Å². The number of para-hydroxylation sites is 1. The van der Waals surface area contributed by atoms with Crippen LogP contribution in [0.1, 0.15) is 12.7 Å². The Balaban J connectivity index is 1.62. The summed E-state index contributed by atoms with van der Waals surface area (Å²) in [5.41, 5.74) is 2.25. The van der Waals surface area contributed by atoms with Crippen molar-refractivity contribution in [1.29, 1.82) is 0 Å². The molecular weight excluding hydrogens is 374 g/mol. The van der Waals surface area contributed by atoms with Crippen LogP contribution in [0.4, 0.5) is 5.69 Å². The minimum Gasteiger partial charge on any atom is -0.497 e. The predicted molar refractivity (Wildman–Crippen MR) is 110 cm³/mol. The summed E-state index contributed by atoms with van der Waals surface area (Å²) < 4.78 is 6.90. The van der Waals surface area contributed by atoms with Crippen LogP contribution in [0.5, 0.6) is 5.75 Å². The summed E-state index contributed by atoms with van der Waals surface area (Å²) in [7, 11) is 1.59. The highest BCUT2D eigenvalue weighted by atomic mass is 32.2. The minimum atomic E-state index is -0.382. The molecular formula is C20H19N5O2S. The predicted octanol–water partition coefficient (Wildman–Crippen LogP) is 3.71. The van der Waals surface area contributed by atoms with Gasteiger partial charge >= 0.3 is 0 Å². The fourth-order valence-corrected chi connectivity index (χ4v) is 3.73. The zero-order chi connectivity index (χ0) is 19.7. The van der Waals surface area contributed by atoms with Gasteiger partial charge in [-0.05, 0) is 38.1 Å². The Hall–Kier alpha value is -3.13. The first kappa shape index (κ1) is 18.2. The van der Waals surface area contributed by atoms with Crippen molar-refractivity contribution in [3.8, 4) is 5.75 Å². The number of carbonyl (C=O) groups excluding carboxylic acids is 1. The smallest absolute Gasteiger partial charge is 0.237 e. The van der Waals surface area contributed by atoms with Crippen LogP contribution in [0.15, 0.2) is 53.7 Å². The molecule has 4 rings (SSSR count). The molecule has 28 heavy (non-hydrogen) atoms. The number of hydrogen-bond acceptors (Lipinski definition) is 6. The topological polar surface area (TPSA) is 81.4 Å². The Morgan fingerprint density at radius 2 is 2.00 bits per heavy atom. The highest BCUT2D eigenvalue weighted by Gasteiger charge is 2.20. The van der Waals surface area contributed by atoms with Crippen molar-refractivity contribution in [3.05, 3.63) is 54.4 Å². The molecule has 0 aliphatic rings. The average Bonchev–Trinajstić information content (AvgIpc) is 3.10. The summed E-state index contributed by atoms with van der Waals surface area (Å²) in [6.07, 6.45) is 0. The minimum absolute atomic E-state index is 0.127. The molecule has 0 spiro atoms. The number of thioether (sulfide) groups is 1. The number of hydrogen-bond donors (Lipinski definition) is 1. The molecule has 2 aromatic carbocycles. The van der Waals surface area contributed by atoms with Gasteiger partial charge in [0.05, 0.1) is 17.9 Å². The first-order valence-corrected chi connectivity index (χ1v) is 9.67. The van der Waals surface area contributed by atoms with Gasteiger partial charge < -0.3 is 10.1 Å². The van der Waals surface area contributed by atoms with Gasteiger partial charge in [-0.15, -0.1) is 5.10 Å². The van der Waals surface area contributed by atoms with Crippen LogP contribution >= 0.6 is 11.8 Å². The van der Waals surface area contributed by atoms with Crippen LogP contribution in [0, 0.1) is 6.92 Å². The van der Waals surface area contributed by atoms with Gasteiger partial charge in [-0.3, -0.25) is 4.79 Å². The van der Waals surface area contributed by atoms with E-state index in [2.05, 4.69) is 15.4 Å². The third-order valence-electron chi connectivity index (χ3n) is 4.24. The fraction of sp³-hybridized carbons (Fsp3) is 0.200. The second kappa shape index (κ2) is 7.47. The summed E-state index contributed by atoms with van der Waals surface area (Å²) in [5.74, 6) is 1.22. The number of aryl methyl sites for hydroxylation is 1. The zero-order valence-electron chi connectivity index (χ0n) is 15.7. The van der Waals surface area contributed by atoms with Crippen LogP contribution in [-0.2, 0) is 4.79 Å². The number of ether oxygens (including phenoxy) is 1. The lowest BCUT2D eigenvalue weighted by Gasteiger charge is -2.13. The van der Waals surface area contributed by atoms with E-state index in [1.165, 1.54) is 11.8 Å². The maximum atomic E-state index is 12.7. The molecule has 142 valence electrons. The molecule has 1 N–H and O–H groups in total. The number of methoxy groups -OCH3 is 1. The van der Waals surface area contributed by atoms with E-state index in [1.54, 1.807) is 17.7 Å². The quantitative estimate of drug-likeness (QED) is 0.411. The van der Waals surface area contributed by atoms with Gasteiger partial charge in [-0.2, -0.15) is 4.52 Å². The molecule has 8 heteroatoms. The van der Waals surface area contributed by atoms with E-state index in [0.29, 0.717) is 22.4 Å². The van der Waals surface area contributed by atoms with Crippen LogP contribution in [0.25, 0.3) is 16.6 Å². The summed E-state index contributed by atoms with van der Waals surface area (Å²) in [6, 6.07) is 15.1. The Kier molecular flexibility index (Phi) is 4.87. The van der Waals surface area contributed by atoms with E-state index in [-0.39, 0.29) is 11.2 Å². The van der Waals surface area contributed by atoms with Crippen molar-refractivity contribution in [2.24, 2.45) is 0 Å². The molecule has 0 fully saturated rings. The molecule has 4 aromatic rings. The standard InChI is InChI=1S/C20H19N5O2S/c1-12(19(26)22-14-7-6-8-15(11-14)27-3)28-20-23-17-10-5-4-9-16(17)18-21-13(2)24-25(18)20/h4-12H,1-3H3,(H,22,26)/t12-/m1/s1. The summed E-state index contributed by atoms with van der Waals surface area (Å²) >= 11 is 1.34. The molecule has 7 nitrogen and oxygen atoms in total. The van der Waals surface area contributed by atoms with Crippen molar-refractivity contribution < 1.29 is 9.53 Å². The van der Waals surface area contributed by atoms with Gasteiger partial charge in [0.2, 0.25) is 5.91 Å². The second-order valence-electron chi connectivity index (χ2n) is 6.29. The summed E-state index contributed by atoms with van der Waals surface area (Å²) in [6.45, 7) is 3.68. The largest absolute Gasteiger partial charge is 0.497 e. The second-order valence-corrected chi connectivity index (χ2v) is 7.60. The first-order chi connectivity index (χ1) is 13.5. The maximum Gasteiger partial charge on any atom is 0.237 e. The molecule has 0 unspecified atom stereocenters. The molecule has 2 heterocycles. The highest BCUT2D eigenvalue weighted by Crippen LogP contribution is 2.27. The molecule has 2 aromatic heterocycles. The fourth-order valence-electron chi connectivity index (χ4n) is 2.87. The molecule has 0 saturated carbocycles. The number of benzene rings is 2. The average molecular weight is 393 g/mol. The van der Waals surface area contributed by atoms with Gasteiger partial charge in [-0.25, -0.2) is 9.97 Å². The van der Waals surface area contributed by atoms with E-state index in [9.17, 15) is 4.79 Å². The molecule has 0 radical (unpaired) electrons. The van der Waals surface area contributed by atoms with Gasteiger partial charge in [0.1, 0.15) is 11.6 Å². The van der Waals surface area contributed by atoms with Gasteiger partial charge in [0, 0.05) is 17.1 Å². The van der Waals surface area contributed by atoms with E-state index >= 15 is 0 Å². The lowest BCUT2D eigenvalue weighted by atomic mass is 10.2. The molecule has 1 amide bonds. The van der Waals surface area contributed by atoms with Crippen molar-refractivity contribution in [1.82, 2.24) is 19.6 Å². The van der Waals surface area contributed by atoms with E-state index in [4.69, 9.17) is 9.72 Å². The lowest BCUT2D eigenvalue weighted by molar-refractivity contribution is -0.115. The Morgan fingerprint density at radius 1 is 1.18 bits per heavy atom. The number of nitrogens with one attached hydrogen (secondary N) is 1. The number of nitrogens with zero attached hydrogens (tertiary/aromatic N) is 4. The van der Waals surface area contributed by atoms with E-state index in [1.807, 2.05) is 56.3 Å². The normalized spacial score (nSPS) is 12.2.